The Morgan fingerprint density at radius 1 is 0.600 bits per heavy atom. The average Bonchev–Trinajstić information content (AvgIpc) is 2.57. The van der Waals surface area contributed by atoms with E-state index in [1.165, 1.54) is 0 Å². The van der Waals surface area contributed by atoms with Crippen molar-refractivity contribution in [3.05, 3.63) is 102 Å². The number of anilines is 1. The van der Waals surface area contributed by atoms with Crippen LogP contribution in [0.25, 0.3) is 0 Å². The second kappa shape index (κ2) is 6.07. The third kappa shape index (κ3) is 2.89. The molecule has 0 spiro atoms. The molecule has 0 unspecified atom stereocenters. The molecule has 0 heterocycles. The smallest absolute Gasteiger partial charge is 0.0767 e. The van der Waals surface area contributed by atoms with E-state index < -0.39 is 6.02 Å². The highest BCUT2D eigenvalue weighted by Gasteiger charge is 2.12. The second-order valence-corrected chi connectivity index (χ2v) is 4.60. The lowest BCUT2D eigenvalue weighted by Crippen LogP contribution is -2.12. The van der Waals surface area contributed by atoms with Gasteiger partial charge in [0.25, 0.3) is 0 Å². The highest BCUT2D eigenvalue weighted by Crippen LogP contribution is 2.26. The molecule has 3 aromatic carbocycles. The summed E-state index contributed by atoms with van der Waals surface area (Å²) in [5.41, 5.74) is 2.76. The molecular weight excluding hydrogens is 242 g/mol. The van der Waals surface area contributed by atoms with E-state index in [9.17, 15) is 0 Å². The van der Waals surface area contributed by atoms with Crippen LogP contribution in [-0.2, 0) is 0 Å². The number of rotatable bonds is 4. The summed E-state index contributed by atoms with van der Waals surface area (Å²) in [7, 11) is 0. The minimum atomic E-state index is -1.01. The average molecular weight is 260 g/mol. The Kier molecular flexibility index (Phi) is 3.43. The Morgan fingerprint density at radius 3 is 1.45 bits per heavy atom. The Bertz CT molecular complexity index is 641. The number of para-hydroxylation sites is 1. The molecule has 1 N–H and O–H groups in total. The van der Waals surface area contributed by atoms with Gasteiger partial charge in [-0.05, 0) is 23.3 Å². The van der Waals surface area contributed by atoms with E-state index >= 15 is 0 Å². The fraction of sp³-hybridized carbons (Fsp3) is 0.0526. The minimum absolute atomic E-state index is 0.917. The summed E-state index contributed by atoms with van der Waals surface area (Å²) < 4.78 is 9.03. The van der Waals surface area contributed by atoms with Gasteiger partial charge in [0.05, 0.1) is 7.39 Å². The van der Waals surface area contributed by atoms with Gasteiger partial charge in [0.15, 0.2) is 0 Å². The normalized spacial score (nSPS) is 11.7. The fourth-order valence-corrected chi connectivity index (χ4v) is 2.19. The highest BCUT2D eigenvalue weighted by molar-refractivity contribution is 5.48. The zero-order chi connectivity index (χ0) is 14.5. The summed E-state index contributed by atoms with van der Waals surface area (Å²) in [5.74, 6) is 0. The van der Waals surface area contributed by atoms with Crippen LogP contribution in [0.5, 0.6) is 0 Å². The molecule has 0 saturated carbocycles. The van der Waals surface area contributed by atoms with Crippen LogP contribution in [-0.4, -0.2) is 0 Å². The third-order valence-corrected chi connectivity index (χ3v) is 3.17. The van der Waals surface area contributed by atoms with E-state index in [0.29, 0.717) is 0 Å². The van der Waals surface area contributed by atoms with Crippen molar-refractivity contribution in [3.8, 4) is 0 Å². The maximum absolute atomic E-state index is 9.03. The molecule has 3 aromatic rings. The quantitative estimate of drug-likeness (QED) is 0.704. The molecule has 1 nitrogen and oxygen atoms in total. The van der Waals surface area contributed by atoms with Crippen molar-refractivity contribution in [1.82, 2.24) is 0 Å². The molecule has 1 heteroatoms. The first-order valence-electron chi connectivity index (χ1n) is 7.23. The minimum Gasteiger partial charge on any atom is -0.374 e. The lowest BCUT2D eigenvalue weighted by molar-refractivity contribution is 0.939. The summed E-state index contributed by atoms with van der Waals surface area (Å²) in [6.07, 6.45) is 0. The van der Waals surface area contributed by atoms with E-state index in [2.05, 4.69) is 5.32 Å². The Balaban J connectivity index is 2.07. The van der Waals surface area contributed by atoms with E-state index in [-0.39, 0.29) is 0 Å². The Labute approximate surface area is 121 Å². The first kappa shape index (κ1) is 11.3. The number of hydrogen-bond acceptors (Lipinski definition) is 1. The SMILES string of the molecule is [2H]C(Nc1ccccc1)(c1ccccc1)c1ccccc1. The van der Waals surface area contributed by atoms with E-state index in [0.717, 1.165) is 16.8 Å². The van der Waals surface area contributed by atoms with Crippen molar-refractivity contribution < 1.29 is 1.37 Å². The van der Waals surface area contributed by atoms with Crippen LogP contribution >= 0.6 is 0 Å². The zero-order valence-electron chi connectivity index (χ0n) is 12.2. The molecule has 0 aliphatic carbocycles. The van der Waals surface area contributed by atoms with Crippen LogP contribution in [0.2, 0.25) is 0 Å². The van der Waals surface area contributed by atoms with Gasteiger partial charge in [0.2, 0.25) is 0 Å². The molecule has 3 rings (SSSR count). The number of hydrogen-bond donors (Lipinski definition) is 1. The highest BCUT2D eigenvalue weighted by atomic mass is 14.9. The third-order valence-electron chi connectivity index (χ3n) is 3.17. The number of nitrogens with one attached hydrogen (secondary N) is 1. The van der Waals surface area contributed by atoms with Crippen molar-refractivity contribution in [2.45, 2.75) is 6.02 Å². The predicted octanol–water partition coefficient (Wildman–Crippen LogP) is 4.89. The van der Waals surface area contributed by atoms with Crippen LogP contribution in [0.3, 0.4) is 0 Å². The van der Waals surface area contributed by atoms with Crippen molar-refractivity contribution >= 4 is 5.69 Å². The molecule has 98 valence electrons. The summed E-state index contributed by atoms with van der Waals surface area (Å²) in [6, 6.07) is 28.6. The molecule has 0 amide bonds. The predicted molar refractivity (Wildman–Crippen MR) is 84.8 cm³/mol. The zero-order valence-corrected chi connectivity index (χ0v) is 11.2. The molecule has 0 aliphatic heterocycles. The summed E-state index contributed by atoms with van der Waals surface area (Å²) in [6.45, 7) is 0. The lowest BCUT2D eigenvalue weighted by Gasteiger charge is -2.21. The largest absolute Gasteiger partial charge is 0.374 e. The summed E-state index contributed by atoms with van der Waals surface area (Å²) in [5, 5.41) is 3.35. The van der Waals surface area contributed by atoms with Gasteiger partial charge in [-0.1, -0.05) is 78.9 Å². The van der Waals surface area contributed by atoms with E-state index in [1.807, 2.05) is 91.0 Å². The van der Waals surface area contributed by atoms with Crippen LogP contribution in [0.1, 0.15) is 18.5 Å². The fourth-order valence-electron chi connectivity index (χ4n) is 2.19. The van der Waals surface area contributed by atoms with Gasteiger partial charge in [-0.2, -0.15) is 0 Å². The first-order valence-corrected chi connectivity index (χ1v) is 6.73. The van der Waals surface area contributed by atoms with E-state index in [4.69, 9.17) is 1.37 Å². The van der Waals surface area contributed by atoms with E-state index in [1.54, 1.807) is 0 Å². The van der Waals surface area contributed by atoms with Crippen LogP contribution in [0.4, 0.5) is 5.69 Å². The molecule has 0 aliphatic rings. The Hall–Kier alpha value is -2.54. The van der Waals surface area contributed by atoms with Crippen LogP contribution < -0.4 is 5.32 Å². The summed E-state index contributed by atoms with van der Waals surface area (Å²) in [4.78, 5) is 0. The molecule has 0 radical (unpaired) electrons. The van der Waals surface area contributed by atoms with Crippen molar-refractivity contribution in [1.29, 1.82) is 0 Å². The topological polar surface area (TPSA) is 12.0 Å². The standard InChI is InChI=1S/C19H17N/c1-4-10-16(11-5-1)19(17-12-6-2-7-13-17)20-18-14-8-3-9-15-18/h1-15,19-20H/i19D. The molecular formula is C19H17N. The van der Waals surface area contributed by atoms with Crippen molar-refractivity contribution in [3.63, 3.8) is 0 Å². The maximum Gasteiger partial charge on any atom is 0.0767 e. The van der Waals surface area contributed by atoms with Crippen molar-refractivity contribution in [2.24, 2.45) is 0 Å². The molecule has 0 fully saturated rings. The number of benzene rings is 3. The second-order valence-electron chi connectivity index (χ2n) is 4.60. The molecule has 0 bridgehead atoms. The lowest BCUT2D eigenvalue weighted by atomic mass is 9.98. The van der Waals surface area contributed by atoms with Gasteiger partial charge in [-0.15, -0.1) is 0 Å². The maximum atomic E-state index is 9.03. The Morgan fingerprint density at radius 2 is 1.00 bits per heavy atom. The van der Waals surface area contributed by atoms with Gasteiger partial charge >= 0.3 is 0 Å². The summed E-state index contributed by atoms with van der Waals surface area (Å²) >= 11 is 0. The van der Waals surface area contributed by atoms with Crippen LogP contribution in [0, 0.1) is 0 Å². The first-order chi connectivity index (χ1) is 10.3. The van der Waals surface area contributed by atoms with Gasteiger partial charge < -0.3 is 5.32 Å². The molecule has 0 atom stereocenters. The van der Waals surface area contributed by atoms with Crippen molar-refractivity contribution in [2.75, 3.05) is 5.32 Å². The van der Waals surface area contributed by atoms with Crippen LogP contribution in [0.15, 0.2) is 91.0 Å². The molecule has 0 saturated heterocycles. The van der Waals surface area contributed by atoms with Gasteiger partial charge in [0, 0.05) is 5.69 Å². The van der Waals surface area contributed by atoms with Gasteiger partial charge in [-0.3, -0.25) is 0 Å². The van der Waals surface area contributed by atoms with Gasteiger partial charge in [-0.25, -0.2) is 0 Å². The molecule has 0 aromatic heterocycles. The van der Waals surface area contributed by atoms with Gasteiger partial charge in [0.1, 0.15) is 0 Å². The monoisotopic (exact) mass is 260 g/mol. The molecule has 20 heavy (non-hydrogen) atoms.